The summed E-state index contributed by atoms with van der Waals surface area (Å²) >= 11 is 0. The molecule has 1 aliphatic rings. The second kappa shape index (κ2) is 8.16. The number of rotatable bonds is 6. The van der Waals surface area contributed by atoms with Crippen LogP contribution in [0.15, 0.2) is 30.3 Å². The van der Waals surface area contributed by atoms with Crippen LogP contribution in [0.3, 0.4) is 0 Å². The molecule has 2 rings (SSSR count). The van der Waals surface area contributed by atoms with E-state index in [0.29, 0.717) is 6.54 Å². The van der Waals surface area contributed by atoms with E-state index in [4.69, 9.17) is 4.74 Å². The Morgan fingerprint density at radius 1 is 1.26 bits per heavy atom. The summed E-state index contributed by atoms with van der Waals surface area (Å²) in [5, 5.41) is 12.7. The minimum Gasteiger partial charge on any atom is -0.497 e. The number of ether oxygens (including phenoxy) is 1. The zero-order valence-electron chi connectivity index (χ0n) is 14.1. The zero-order valence-corrected chi connectivity index (χ0v) is 14.1. The molecule has 2 N–H and O–H groups in total. The second-order valence-electron chi connectivity index (χ2n) is 6.49. The molecule has 4 heteroatoms. The number of hydrogen-bond donors (Lipinski definition) is 2. The molecular weight excluding hydrogens is 290 g/mol. The van der Waals surface area contributed by atoms with Crippen molar-refractivity contribution in [3.8, 4) is 5.75 Å². The molecule has 1 saturated carbocycles. The number of aliphatic hydroxyl groups excluding tert-OH is 1. The van der Waals surface area contributed by atoms with E-state index in [1.807, 2.05) is 31.2 Å². The second-order valence-corrected chi connectivity index (χ2v) is 6.49. The van der Waals surface area contributed by atoms with Gasteiger partial charge < -0.3 is 15.2 Å². The molecule has 0 aliphatic heterocycles. The summed E-state index contributed by atoms with van der Waals surface area (Å²) < 4.78 is 5.14. The molecule has 1 amide bonds. The van der Waals surface area contributed by atoms with Gasteiger partial charge in [0.05, 0.1) is 13.7 Å². The van der Waals surface area contributed by atoms with Crippen LogP contribution in [0.2, 0.25) is 0 Å². The Morgan fingerprint density at radius 2 is 1.91 bits per heavy atom. The predicted molar refractivity (Wildman–Crippen MR) is 92.3 cm³/mol. The van der Waals surface area contributed by atoms with Gasteiger partial charge in [-0.25, -0.2) is 0 Å². The molecule has 1 aromatic carbocycles. The Morgan fingerprint density at radius 3 is 2.48 bits per heavy atom. The van der Waals surface area contributed by atoms with Crippen LogP contribution in [0.5, 0.6) is 5.75 Å². The highest BCUT2D eigenvalue weighted by Gasteiger charge is 2.31. The van der Waals surface area contributed by atoms with Crippen LogP contribution in [0.4, 0.5) is 0 Å². The van der Waals surface area contributed by atoms with Gasteiger partial charge in [-0.1, -0.05) is 31.4 Å². The summed E-state index contributed by atoms with van der Waals surface area (Å²) in [6, 6.07) is 7.64. The lowest BCUT2D eigenvalue weighted by atomic mass is 9.74. The molecule has 1 fully saturated rings. The molecule has 0 spiro atoms. The van der Waals surface area contributed by atoms with E-state index in [1.54, 1.807) is 13.2 Å². The van der Waals surface area contributed by atoms with Crippen molar-refractivity contribution in [1.29, 1.82) is 0 Å². The molecule has 0 bridgehead atoms. The normalized spacial score (nSPS) is 17.6. The molecule has 1 aromatic rings. The molecule has 0 saturated heterocycles. The van der Waals surface area contributed by atoms with Crippen LogP contribution in [0.25, 0.3) is 5.57 Å². The predicted octanol–water partition coefficient (Wildman–Crippen LogP) is 3.16. The summed E-state index contributed by atoms with van der Waals surface area (Å²) in [5.74, 6) is 0.699. The SMILES string of the molecule is COc1ccc(/C(C)=C/C(=O)NCC2(CO)CCCCC2)cc1. The van der Waals surface area contributed by atoms with Gasteiger partial charge in [-0.15, -0.1) is 0 Å². The Balaban J connectivity index is 1.94. The van der Waals surface area contributed by atoms with Crippen LogP contribution in [-0.4, -0.2) is 31.3 Å². The Bertz CT molecular complexity index is 542. The zero-order chi connectivity index (χ0) is 16.7. The third-order valence-corrected chi connectivity index (χ3v) is 4.78. The smallest absolute Gasteiger partial charge is 0.244 e. The van der Waals surface area contributed by atoms with Crippen LogP contribution in [0, 0.1) is 5.41 Å². The number of benzene rings is 1. The van der Waals surface area contributed by atoms with E-state index in [0.717, 1.165) is 42.6 Å². The summed E-state index contributed by atoms with van der Waals surface area (Å²) in [5.41, 5.74) is 1.78. The van der Waals surface area contributed by atoms with E-state index in [2.05, 4.69) is 5.32 Å². The lowest BCUT2D eigenvalue weighted by molar-refractivity contribution is -0.117. The van der Waals surface area contributed by atoms with Crippen molar-refractivity contribution in [1.82, 2.24) is 5.32 Å². The molecule has 0 atom stereocenters. The lowest BCUT2D eigenvalue weighted by Crippen LogP contribution is -2.41. The fourth-order valence-electron chi connectivity index (χ4n) is 3.15. The maximum Gasteiger partial charge on any atom is 0.244 e. The van der Waals surface area contributed by atoms with Gasteiger partial charge in [0.25, 0.3) is 0 Å². The van der Waals surface area contributed by atoms with Gasteiger partial charge in [0.1, 0.15) is 5.75 Å². The first-order valence-electron chi connectivity index (χ1n) is 8.30. The summed E-state index contributed by atoms with van der Waals surface area (Å²) in [6.45, 7) is 2.62. The van der Waals surface area contributed by atoms with Crippen molar-refractivity contribution >= 4 is 11.5 Å². The van der Waals surface area contributed by atoms with Gasteiger partial charge in [0.2, 0.25) is 5.91 Å². The largest absolute Gasteiger partial charge is 0.497 e. The van der Waals surface area contributed by atoms with Gasteiger partial charge in [-0.3, -0.25) is 4.79 Å². The fourth-order valence-corrected chi connectivity index (χ4v) is 3.15. The first kappa shape index (κ1) is 17.5. The highest BCUT2D eigenvalue weighted by molar-refractivity contribution is 5.94. The van der Waals surface area contributed by atoms with Crippen molar-refractivity contribution in [2.75, 3.05) is 20.3 Å². The van der Waals surface area contributed by atoms with Gasteiger partial charge in [-0.05, 0) is 43.0 Å². The van der Waals surface area contributed by atoms with Gasteiger partial charge in [0, 0.05) is 18.0 Å². The minimum atomic E-state index is -0.129. The third kappa shape index (κ3) is 4.83. The highest BCUT2D eigenvalue weighted by Crippen LogP contribution is 2.35. The quantitative estimate of drug-likeness (QED) is 0.792. The molecular formula is C19H27NO3. The van der Waals surface area contributed by atoms with Crippen LogP contribution in [0.1, 0.15) is 44.6 Å². The summed E-state index contributed by atoms with van der Waals surface area (Å²) in [7, 11) is 1.63. The average molecular weight is 317 g/mol. The molecule has 126 valence electrons. The van der Waals surface area contributed by atoms with Gasteiger partial charge in [-0.2, -0.15) is 0 Å². The number of amides is 1. The van der Waals surface area contributed by atoms with Crippen molar-refractivity contribution in [3.05, 3.63) is 35.9 Å². The van der Waals surface area contributed by atoms with E-state index < -0.39 is 0 Å². The third-order valence-electron chi connectivity index (χ3n) is 4.78. The van der Waals surface area contributed by atoms with Crippen LogP contribution in [-0.2, 0) is 4.79 Å². The van der Waals surface area contributed by atoms with E-state index in [9.17, 15) is 9.90 Å². The van der Waals surface area contributed by atoms with Crippen molar-refractivity contribution in [2.24, 2.45) is 5.41 Å². The number of methoxy groups -OCH3 is 1. The molecule has 0 heterocycles. The number of hydrogen-bond acceptors (Lipinski definition) is 3. The van der Waals surface area contributed by atoms with Crippen molar-refractivity contribution in [2.45, 2.75) is 39.0 Å². The Labute approximate surface area is 138 Å². The average Bonchev–Trinajstić information content (AvgIpc) is 2.61. The number of carbonyl (C=O) groups excluding carboxylic acids is 1. The van der Waals surface area contributed by atoms with Gasteiger partial charge >= 0.3 is 0 Å². The first-order chi connectivity index (χ1) is 11.1. The van der Waals surface area contributed by atoms with Crippen molar-refractivity contribution in [3.63, 3.8) is 0 Å². The van der Waals surface area contributed by atoms with E-state index in [-0.39, 0.29) is 17.9 Å². The number of aliphatic hydroxyl groups is 1. The lowest BCUT2D eigenvalue weighted by Gasteiger charge is -2.35. The topological polar surface area (TPSA) is 58.6 Å². The summed E-state index contributed by atoms with van der Waals surface area (Å²) in [4.78, 5) is 12.2. The maximum absolute atomic E-state index is 12.2. The molecule has 0 radical (unpaired) electrons. The molecule has 0 aromatic heterocycles. The van der Waals surface area contributed by atoms with Gasteiger partial charge in [0.15, 0.2) is 0 Å². The van der Waals surface area contributed by atoms with Crippen LogP contribution >= 0.6 is 0 Å². The molecule has 1 aliphatic carbocycles. The highest BCUT2D eigenvalue weighted by atomic mass is 16.5. The standard InChI is InChI=1S/C19H27NO3/c1-15(16-6-8-17(23-2)9-7-16)12-18(22)20-13-19(14-21)10-4-3-5-11-19/h6-9,12,21H,3-5,10-11,13-14H2,1-2H3,(H,20,22)/b15-12+. The minimum absolute atomic E-state index is 0.100. The van der Waals surface area contributed by atoms with E-state index >= 15 is 0 Å². The number of nitrogens with one attached hydrogen (secondary N) is 1. The first-order valence-corrected chi connectivity index (χ1v) is 8.30. The number of carbonyl (C=O) groups is 1. The molecule has 4 nitrogen and oxygen atoms in total. The van der Waals surface area contributed by atoms with Crippen LogP contribution < -0.4 is 10.1 Å². The Kier molecular flexibility index (Phi) is 6.22. The molecule has 0 unspecified atom stereocenters. The monoisotopic (exact) mass is 317 g/mol. The maximum atomic E-state index is 12.2. The molecule has 23 heavy (non-hydrogen) atoms. The van der Waals surface area contributed by atoms with Crippen molar-refractivity contribution < 1.29 is 14.6 Å². The number of allylic oxidation sites excluding steroid dienone is 1. The Hall–Kier alpha value is -1.81. The van der Waals surface area contributed by atoms with E-state index in [1.165, 1.54) is 6.42 Å². The fraction of sp³-hybridized carbons (Fsp3) is 0.526. The summed E-state index contributed by atoms with van der Waals surface area (Å²) in [6.07, 6.45) is 7.10.